The minimum absolute atomic E-state index is 0.0988. The monoisotopic (exact) mass is 244 g/mol. The molecule has 0 aliphatic rings. The van der Waals surface area contributed by atoms with E-state index in [9.17, 15) is 4.79 Å². The summed E-state index contributed by atoms with van der Waals surface area (Å²) in [6.07, 6.45) is 0.689. The first kappa shape index (κ1) is 12.2. The highest BCUT2D eigenvalue weighted by Gasteiger charge is 2.05. The molecule has 2 aromatic rings. The normalized spacial score (nSPS) is 10.3. The number of nitrogens with two attached hydrogens (primary N) is 1. The molecule has 4 heteroatoms. The molecule has 0 atom stereocenters. The van der Waals surface area contributed by atoms with Crippen molar-refractivity contribution in [2.24, 2.45) is 0 Å². The maximum atomic E-state index is 11.8. The van der Waals surface area contributed by atoms with Gasteiger partial charge in [0.05, 0.1) is 0 Å². The molecular formula is C14H16N2O2. The van der Waals surface area contributed by atoms with E-state index in [0.717, 1.165) is 11.5 Å². The highest BCUT2D eigenvalue weighted by atomic mass is 16.3. The Morgan fingerprint density at radius 2 is 1.94 bits per heavy atom. The average Bonchev–Trinajstić information content (AvgIpc) is 2.76. The van der Waals surface area contributed by atoms with Gasteiger partial charge in [-0.05, 0) is 43.3 Å². The summed E-state index contributed by atoms with van der Waals surface area (Å²) in [5.41, 5.74) is 6.82. The van der Waals surface area contributed by atoms with E-state index in [2.05, 4.69) is 5.32 Å². The molecule has 0 radical (unpaired) electrons. The first-order valence-corrected chi connectivity index (χ1v) is 5.84. The van der Waals surface area contributed by atoms with Gasteiger partial charge in [0.1, 0.15) is 11.5 Å². The van der Waals surface area contributed by atoms with Gasteiger partial charge in [-0.1, -0.05) is 0 Å². The largest absolute Gasteiger partial charge is 0.466 e. The van der Waals surface area contributed by atoms with Gasteiger partial charge >= 0.3 is 0 Å². The summed E-state index contributed by atoms with van der Waals surface area (Å²) in [6, 6.07) is 10.7. The van der Waals surface area contributed by atoms with Gasteiger partial charge in [-0.15, -0.1) is 0 Å². The van der Waals surface area contributed by atoms with Crippen LogP contribution in [0.2, 0.25) is 0 Å². The summed E-state index contributed by atoms with van der Waals surface area (Å²) in [5, 5.41) is 2.84. The predicted molar refractivity (Wildman–Crippen MR) is 70.3 cm³/mol. The number of benzene rings is 1. The summed E-state index contributed by atoms with van der Waals surface area (Å²) in [4.78, 5) is 11.8. The van der Waals surface area contributed by atoms with Gasteiger partial charge in [0, 0.05) is 24.2 Å². The minimum Gasteiger partial charge on any atom is -0.466 e. The van der Waals surface area contributed by atoms with E-state index in [4.69, 9.17) is 10.2 Å². The average molecular weight is 244 g/mol. The van der Waals surface area contributed by atoms with Crippen LogP contribution in [0, 0.1) is 6.92 Å². The van der Waals surface area contributed by atoms with Crippen molar-refractivity contribution in [3.63, 3.8) is 0 Å². The van der Waals surface area contributed by atoms with Crippen molar-refractivity contribution >= 4 is 11.6 Å². The quantitative estimate of drug-likeness (QED) is 0.810. The van der Waals surface area contributed by atoms with E-state index in [0.29, 0.717) is 24.2 Å². The second kappa shape index (κ2) is 5.40. The van der Waals surface area contributed by atoms with E-state index in [1.165, 1.54) is 0 Å². The first-order valence-electron chi connectivity index (χ1n) is 5.84. The molecule has 0 bridgehead atoms. The van der Waals surface area contributed by atoms with E-state index in [1.54, 1.807) is 24.3 Å². The van der Waals surface area contributed by atoms with Crippen LogP contribution in [0.15, 0.2) is 40.8 Å². The lowest BCUT2D eigenvalue weighted by atomic mass is 10.2. The van der Waals surface area contributed by atoms with Crippen LogP contribution >= 0.6 is 0 Å². The van der Waals surface area contributed by atoms with Crippen molar-refractivity contribution in [3.05, 3.63) is 53.5 Å². The molecule has 2 rings (SSSR count). The topological polar surface area (TPSA) is 68.3 Å². The van der Waals surface area contributed by atoms with Gasteiger partial charge in [0.25, 0.3) is 5.91 Å². The highest BCUT2D eigenvalue weighted by molar-refractivity contribution is 5.94. The number of amides is 1. The lowest BCUT2D eigenvalue weighted by molar-refractivity contribution is 0.0954. The number of hydrogen-bond acceptors (Lipinski definition) is 3. The SMILES string of the molecule is Cc1ccc(CCNC(=O)c2ccc(N)cc2)o1. The third-order valence-corrected chi connectivity index (χ3v) is 2.63. The van der Waals surface area contributed by atoms with Crippen LogP contribution in [-0.2, 0) is 6.42 Å². The fourth-order valence-electron chi connectivity index (χ4n) is 1.66. The van der Waals surface area contributed by atoms with Gasteiger partial charge in [-0.2, -0.15) is 0 Å². The van der Waals surface area contributed by atoms with Crippen molar-refractivity contribution < 1.29 is 9.21 Å². The van der Waals surface area contributed by atoms with E-state index < -0.39 is 0 Å². The van der Waals surface area contributed by atoms with Crippen molar-refractivity contribution in [1.82, 2.24) is 5.32 Å². The number of furan rings is 1. The van der Waals surface area contributed by atoms with Crippen LogP contribution in [0.3, 0.4) is 0 Å². The molecule has 0 unspecified atom stereocenters. The number of anilines is 1. The summed E-state index contributed by atoms with van der Waals surface area (Å²) < 4.78 is 5.42. The molecule has 18 heavy (non-hydrogen) atoms. The Balaban J connectivity index is 1.83. The third kappa shape index (κ3) is 3.13. The number of nitrogens with one attached hydrogen (secondary N) is 1. The minimum atomic E-state index is -0.0988. The van der Waals surface area contributed by atoms with Crippen LogP contribution in [-0.4, -0.2) is 12.5 Å². The van der Waals surface area contributed by atoms with Crippen LogP contribution in [0.1, 0.15) is 21.9 Å². The standard InChI is InChI=1S/C14H16N2O2/c1-10-2-7-13(18-10)8-9-16-14(17)11-3-5-12(15)6-4-11/h2-7H,8-9,15H2,1H3,(H,16,17). The van der Waals surface area contributed by atoms with Crippen LogP contribution < -0.4 is 11.1 Å². The van der Waals surface area contributed by atoms with Crippen LogP contribution in [0.5, 0.6) is 0 Å². The molecule has 0 saturated heterocycles. The molecule has 0 spiro atoms. The summed E-state index contributed by atoms with van der Waals surface area (Å²) >= 11 is 0. The number of aryl methyl sites for hydroxylation is 1. The second-order valence-corrected chi connectivity index (χ2v) is 4.14. The molecule has 0 aliphatic carbocycles. The molecule has 3 N–H and O–H groups in total. The number of carbonyl (C=O) groups excluding carboxylic acids is 1. The Morgan fingerprint density at radius 3 is 2.56 bits per heavy atom. The smallest absolute Gasteiger partial charge is 0.251 e. The third-order valence-electron chi connectivity index (χ3n) is 2.63. The maximum absolute atomic E-state index is 11.8. The molecule has 1 aromatic carbocycles. The Morgan fingerprint density at radius 1 is 1.22 bits per heavy atom. The Bertz CT molecular complexity index is 529. The van der Waals surface area contributed by atoms with Crippen LogP contribution in [0.25, 0.3) is 0 Å². The lowest BCUT2D eigenvalue weighted by Crippen LogP contribution is -2.25. The zero-order valence-corrected chi connectivity index (χ0v) is 10.3. The Hall–Kier alpha value is -2.23. The molecule has 1 aromatic heterocycles. The number of rotatable bonds is 4. The molecule has 94 valence electrons. The fourth-order valence-corrected chi connectivity index (χ4v) is 1.66. The Labute approximate surface area is 106 Å². The highest BCUT2D eigenvalue weighted by Crippen LogP contribution is 2.07. The van der Waals surface area contributed by atoms with Gasteiger partial charge in [-0.25, -0.2) is 0 Å². The number of carbonyl (C=O) groups is 1. The fraction of sp³-hybridized carbons (Fsp3) is 0.214. The first-order chi connectivity index (χ1) is 8.65. The molecule has 4 nitrogen and oxygen atoms in total. The van der Waals surface area contributed by atoms with Crippen molar-refractivity contribution in [3.8, 4) is 0 Å². The molecule has 1 heterocycles. The summed E-state index contributed by atoms with van der Waals surface area (Å²) in [6.45, 7) is 2.45. The van der Waals surface area contributed by atoms with Crippen molar-refractivity contribution in [2.45, 2.75) is 13.3 Å². The molecule has 0 fully saturated rings. The zero-order valence-electron chi connectivity index (χ0n) is 10.3. The van der Waals surface area contributed by atoms with Crippen molar-refractivity contribution in [2.75, 3.05) is 12.3 Å². The maximum Gasteiger partial charge on any atom is 0.251 e. The summed E-state index contributed by atoms with van der Waals surface area (Å²) in [5.74, 6) is 1.67. The zero-order chi connectivity index (χ0) is 13.0. The molecular weight excluding hydrogens is 228 g/mol. The van der Waals surface area contributed by atoms with Crippen LogP contribution in [0.4, 0.5) is 5.69 Å². The van der Waals surface area contributed by atoms with Gasteiger partial charge in [-0.3, -0.25) is 4.79 Å². The van der Waals surface area contributed by atoms with Gasteiger partial charge < -0.3 is 15.5 Å². The number of hydrogen-bond donors (Lipinski definition) is 2. The molecule has 1 amide bonds. The summed E-state index contributed by atoms with van der Waals surface area (Å²) in [7, 11) is 0. The molecule has 0 saturated carbocycles. The predicted octanol–water partition coefficient (Wildman–Crippen LogP) is 2.14. The van der Waals surface area contributed by atoms with E-state index in [1.807, 2.05) is 19.1 Å². The van der Waals surface area contributed by atoms with Gasteiger partial charge in [0.15, 0.2) is 0 Å². The second-order valence-electron chi connectivity index (χ2n) is 4.14. The number of nitrogen functional groups attached to an aromatic ring is 1. The van der Waals surface area contributed by atoms with Crippen molar-refractivity contribution in [1.29, 1.82) is 0 Å². The van der Waals surface area contributed by atoms with Gasteiger partial charge in [0.2, 0.25) is 0 Å². The van der Waals surface area contributed by atoms with E-state index >= 15 is 0 Å². The Kier molecular flexibility index (Phi) is 3.67. The molecule has 0 aliphatic heterocycles. The lowest BCUT2D eigenvalue weighted by Gasteiger charge is -2.04. The van der Waals surface area contributed by atoms with E-state index in [-0.39, 0.29) is 5.91 Å².